The van der Waals surface area contributed by atoms with Crippen molar-refractivity contribution in [3.63, 3.8) is 0 Å². The molecule has 3 aromatic rings. The number of benzene rings is 2. The summed E-state index contributed by atoms with van der Waals surface area (Å²) in [5.41, 5.74) is 2.25. The fourth-order valence-corrected chi connectivity index (χ4v) is 4.03. The number of nitrogens with zero attached hydrogens (tertiary/aromatic N) is 1. The molecule has 0 spiro atoms. The summed E-state index contributed by atoms with van der Waals surface area (Å²) < 4.78 is 0. The number of hydrogen-bond donors (Lipinski definition) is 1. The van der Waals surface area contributed by atoms with E-state index >= 15 is 0 Å². The molecule has 1 heterocycles. The van der Waals surface area contributed by atoms with E-state index in [1.807, 2.05) is 35.7 Å². The smallest absolute Gasteiger partial charge is 0.258 e. The minimum Gasteiger partial charge on any atom is -0.298 e. The van der Waals surface area contributed by atoms with Crippen molar-refractivity contribution in [2.75, 3.05) is 11.1 Å². The molecule has 1 aromatic heterocycles. The zero-order valence-corrected chi connectivity index (χ0v) is 16.4. The summed E-state index contributed by atoms with van der Waals surface area (Å²) in [6.07, 6.45) is 0. The van der Waals surface area contributed by atoms with E-state index in [2.05, 4.69) is 17.2 Å². The van der Waals surface area contributed by atoms with Gasteiger partial charge in [0.1, 0.15) is 0 Å². The average Bonchev–Trinajstić information content (AvgIpc) is 3.06. The number of carbonyl (C=O) groups excluding carboxylic acids is 1. The largest absolute Gasteiger partial charge is 0.298 e. The van der Waals surface area contributed by atoms with Gasteiger partial charge in [-0.1, -0.05) is 48.3 Å². The molecule has 0 atom stereocenters. The number of nitrogens with one attached hydrogen (secondary N) is 1. The normalized spacial score (nSPS) is 10.7. The number of amides is 1. The molecule has 0 aliphatic heterocycles. The third-order valence-corrected chi connectivity index (χ3v) is 5.82. The monoisotopic (exact) mass is 408 g/mol. The number of thioether (sulfide) groups is 1. The molecule has 0 bridgehead atoms. The van der Waals surface area contributed by atoms with Crippen LogP contribution in [0.1, 0.15) is 17.3 Å². The molecular formula is C18H14Cl2N2OS2. The SMILES string of the molecule is CCSc1ccccc1C(=O)Nc1nc(-c2ccc(Cl)c(Cl)c2)cs1. The quantitative estimate of drug-likeness (QED) is 0.491. The van der Waals surface area contributed by atoms with Gasteiger partial charge in [-0.15, -0.1) is 23.1 Å². The van der Waals surface area contributed by atoms with Crippen LogP contribution < -0.4 is 5.32 Å². The molecule has 0 radical (unpaired) electrons. The van der Waals surface area contributed by atoms with E-state index in [0.29, 0.717) is 20.7 Å². The van der Waals surface area contributed by atoms with E-state index in [1.165, 1.54) is 11.3 Å². The molecule has 1 N–H and O–H groups in total. The van der Waals surface area contributed by atoms with Crippen LogP contribution in [-0.2, 0) is 0 Å². The molecule has 0 aliphatic rings. The predicted molar refractivity (Wildman–Crippen MR) is 108 cm³/mol. The van der Waals surface area contributed by atoms with Gasteiger partial charge in [0.25, 0.3) is 5.91 Å². The second kappa shape index (κ2) is 8.23. The zero-order valence-electron chi connectivity index (χ0n) is 13.3. The first-order valence-electron chi connectivity index (χ1n) is 7.52. The molecule has 128 valence electrons. The summed E-state index contributed by atoms with van der Waals surface area (Å²) in [4.78, 5) is 18.0. The molecule has 3 rings (SSSR count). The van der Waals surface area contributed by atoms with Gasteiger partial charge in [0.15, 0.2) is 5.13 Å². The molecule has 0 aliphatic carbocycles. The van der Waals surface area contributed by atoms with Crippen molar-refractivity contribution in [1.82, 2.24) is 4.98 Å². The summed E-state index contributed by atoms with van der Waals surface area (Å²) in [6, 6.07) is 12.9. The van der Waals surface area contributed by atoms with Crippen molar-refractivity contribution >= 4 is 57.3 Å². The number of rotatable bonds is 5. The minimum atomic E-state index is -0.161. The third-order valence-electron chi connectivity index (χ3n) is 3.37. The van der Waals surface area contributed by atoms with Crippen LogP contribution in [0.5, 0.6) is 0 Å². The molecule has 25 heavy (non-hydrogen) atoms. The summed E-state index contributed by atoms with van der Waals surface area (Å²) in [7, 11) is 0. The Bertz CT molecular complexity index is 912. The molecule has 0 unspecified atom stereocenters. The van der Waals surface area contributed by atoms with Gasteiger partial charge in [-0.05, 0) is 30.0 Å². The van der Waals surface area contributed by atoms with Crippen molar-refractivity contribution in [1.29, 1.82) is 0 Å². The fraction of sp³-hybridized carbons (Fsp3) is 0.111. The number of aromatic nitrogens is 1. The lowest BCUT2D eigenvalue weighted by atomic mass is 10.2. The summed E-state index contributed by atoms with van der Waals surface area (Å²) in [5.74, 6) is 0.745. The van der Waals surface area contributed by atoms with Gasteiger partial charge in [-0.25, -0.2) is 4.98 Å². The van der Waals surface area contributed by atoms with Crippen LogP contribution >= 0.6 is 46.3 Å². The van der Waals surface area contributed by atoms with Crippen molar-refractivity contribution < 1.29 is 4.79 Å². The Labute approximate surface area is 164 Å². The highest BCUT2D eigenvalue weighted by molar-refractivity contribution is 7.99. The van der Waals surface area contributed by atoms with Crippen molar-refractivity contribution in [3.05, 3.63) is 63.5 Å². The van der Waals surface area contributed by atoms with Gasteiger partial charge in [-0.2, -0.15) is 0 Å². The van der Waals surface area contributed by atoms with Gasteiger partial charge >= 0.3 is 0 Å². The Balaban J connectivity index is 1.79. The van der Waals surface area contributed by atoms with E-state index in [1.54, 1.807) is 23.9 Å². The number of hydrogen-bond acceptors (Lipinski definition) is 4. The second-order valence-electron chi connectivity index (χ2n) is 5.05. The van der Waals surface area contributed by atoms with Gasteiger partial charge in [-0.3, -0.25) is 10.1 Å². The molecule has 2 aromatic carbocycles. The van der Waals surface area contributed by atoms with Crippen LogP contribution in [0.15, 0.2) is 52.7 Å². The fourth-order valence-electron chi connectivity index (χ4n) is 2.22. The number of thiazole rings is 1. The Morgan fingerprint density at radius 3 is 2.76 bits per heavy atom. The lowest BCUT2D eigenvalue weighted by Crippen LogP contribution is -2.12. The molecule has 0 saturated carbocycles. The standard InChI is InChI=1S/C18H14Cl2N2OS2/c1-2-24-16-6-4-3-5-12(16)17(23)22-18-21-15(10-25-18)11-7-8-13(19)14(20)9-11/h3-10H,2H2,1H3,(H,21,22,23). The van der Waals surface area contributed by atoms with Crippen molar-refractivity contribution in [3.8, 4) is 11.3 Å². The molecule has 0 saturated heterocycles. The summed E-state index contributed by atoms with van der Waals surface area (Å²) in [6.45, 7) is 2.06. The van der Waals surface area contributed by atoms with Crippen LogP contribution in [0.4, 0.5) is 5.13 Å². The van der Waals surface area contributed by atoms with Gasteiger partial charge in [0.2, 0.25) is 0 Å². The maximum absolute atomic E-state index is 12.6. The van der Waals surface area contributed by atoms with E-state index in [4.69, 9.17) is 23.2 Å². The van der Waals surface area contributed by atoms with Crippen molar-refractivity contribution in [2.45, 2.75) is 11.8 Å². The van der Waals surface area contributed by atoms with Crippen LogP contribution in [0, 0.1) is 0 Å². The second-order valence-corrected chi connectivity index (χ2v) is 8.03. The molecule has 3 nitrogen and oxygen atoms in total. The molecule has 1 amide bonds. The average molecular weight is 409 g/mol. The number of anilines is 1. The zero-order chi connectivity index (χ0) is 17.8. The molecule has 0 fully saturated rings. The van der Waals surface area contributed by atoms with E-state index in [-0.39, 0.29) is 5.91 Å². The first-order chi connectivity index (χ1) is 12.1. The molecular weight excluding hydrogens is 395 g/mol. The van der Waals surface area contributed by atoms with Crippen molar-refractivity contribution in [2.24, 2.45) is 0 Å². The van der Waals surface area contributed by atoms with Crippen LogP contribution in [0.2, 0.25) is 10.0 Å². The predicted octanol–water partition coefficient (Wildman–Crippen LogP) is 6.48. The van der Waals surface area contributed by atoms with Crippen LogP contribution in [-0.4, -0.2) is 16.6 Å². The maximum atomic E-state index is 12.6. The summed E-state index contributed by atoms with van der Waals surface area (Å²) in [5, 5.41) is 6.26. The molecule has 7 heteroatoms. The van der Waals surface area contributed by atoms with E-state index in [9.17, 15) is 4.79 Å². The Hall–Kier alpha value is -1.53. The third kappa shape index (κ3) is 4.36. The first kappa shape index (κ1) is 18.3. The Morgan fingerprint density at radius 2 is 2.00 bits per heavy atom. The minimum absolute atomic E-state index is 0.161. The highest BCUT2D eigenvalue weighted by atomic mass is 35.5. The highest BCUT2D eigenvalue weighted by Crippen LogP contribution is 2.31. The Kier molecular flexibility index (Phi) is 6.02. The first-order valence-corrected chi connectivity index (χ1v) is 10.1. The number of carbonyl (C=O) groups is 1. The van der Waals surface area contributed by atoms with Gasteiger partial charge < -0.3 is 0 Å². The van der Waals surface area contributed by atoms with E-state index in [0.717, 1.165) is 21.9 Å². The highest BCUT2D eigenvalue weighted by Gasteiger charge is 2.14. The van der Waals surface area contributed by atoms with Crippen LogP contribution in [0.3, 0.4) is 0 Å². The number of halogens is 2. The lowest BCUT2D eigenvalue weighted by molar-refractivity contribution is 0.102. The Morgan fingerprint density at radius 1 is 1.20 bits per heavy atom. The lowest BCUT2D eigenvalue weighted by Gasteiger charge is -2.07. The topological polar surface area (TPSA) is 42.0 Å². The van der Waals surface area contributed by atoms with Crippen LogP contribution in [0.25, 0.3) is 11.3 Å². The van der Waals surface area contributed by atoms with Gasteiger partial charge in [0.05, 0.1) is 21.3 Å². The maximum Gasteiger partial charge on any atom is 0.258 e. The van der Waals surface area contributed by atoms with E-state index < -0.39 is 0 Å². The van der Waals surface area contributed by atoms with Gasteiger partial charge in [0, 0.05) is 15.8 Å². The summed E-state index contributed by atoms with van der Waals surface area (Å²) >= 11 is 15.0.